The van der Waals surface area contributed by atoms with E-state index in [0.29, 0.717) is 43.4 Å². The molecule has 1 aliphatic heterocycles. The van der Waals surface area contributed by atoms with Gasteiger partial charge in [0.15, 0.2) is 11.5 Å². The predicted octanol–water partition coefficient (Wildman–Crippen LogP) is 1.71. The van der Waals surface area contributed by atoms with E-state index in [2.05, 4.69) is 14.9 Å². The van der Waals surface area contributed by atoms with Crippen LogP contribution in [0.15, 0.2) is 45.8 Å². The summed E-state index contributed by atoms with van der Waals surface area (Å²) in [5.41, 5.74) is 0.753. The average Bonchev–Trinajstić information content (AvgIpc) is 3.40. The summed E-state index contributed by atoms with van der Waals surface area (Å²) in [4.78, 5) is 18.7. The highest BCUT2D eigenvalue weighted by Gasteiger charge is 2.25. The summed E-state index contributed by atoms with van der Waals surface area (Å²) in [6, 6.07) is 9.21. The summed E-state index contributed by atoms with van der Waals surface area (Å²) in [6.45, 7) is 1.42. The number of sulfonamides is 1. The number of morpholine rings is 1. The minimum absolute atomic E-state index is 0.0569. The Labute approximate surface area is 208 Å². The number of hydrogen-bond donors (Lipinski definition) is 1. The van der Waals surface area contributed by atoms with Gasteiger partial charge in [-0.3, -0.25) is 4.79 Å². The Morgan fingerprint density at radius 3 is 2.39 bits per heavy atom. The third kappa shape index (κ3) is 5.42. The van der Waals surface area contributed by atoms with Crippen LogP contribution in [0.4, 0.5) is 0 Å². The molecule has 0 saturated carbocycles. The highest BCUT2D eigenvalue weighted by Crippen LogP contribution is 2.31. The van der Waals surface area contributed by atoms with Gasteiger partial charge in [0.2, 0.25) is 21.7 Å². The number of nitrogens with zero attached hydrogens (tertiary/aromatic N) is 3. The topological polar surface area (TPSA) is 142 Å². The smallest absolute Gasteiger partial charge is 0.257 e. The van der Waals surface area contributed by atoms with Crippen LogP contribution in [0.5, 0.6) is 17.2 Å². The second-order valence-corrected chi connectivity index (χ2v) is 9.44. The standard InChI is InChI=1S/C23H26N4O8S/c1-31-18-7-5-16(13-17(18)23(28)27-8-10-34-11-9-27)36(29,30)24-14-21-25-22(26-35-21)15-4-6-19(32-2)20(12-15)33-3/h4-7,12-13,24H,8-11,14H2,1-3H3. The lowest BCUT2D eigenvalue weighted by Crippen LogP contribution is -2.40. The zero-order valence-electron chi connectivity index (χ0n) is 20.0. The zero-order chi connectivity index (χ0) is 25.7. The van der Waals surface area contributed by atoms with Gasteiger partial charge in [-0.25, -0.2) is 13.1 Å². The molecule has 0 atom stereocenters. The summed E-state index contributed by atoms with van der Waals surface area (Å²) in [5.74, 6) is 1.30. The number of hydrogen-bond acceptors (Lipinski definition) is 10. The van der Waals surface area contributed by atoms with Crippen molar-refractivity contribution < 1.29 is 36.7 Å². The lowest BCUT2D eigenvalue weighted by atomic mass is 10.1. The minimum Gasteiger partial charge on any atom is -0.496 e. The second kappa shape index (κ2) is 10.9. The average molecular weight is 519 g/mol. The molecule has 1 aliphatic rings. The number of ether oxygens (including phenoxy) is 4. The highest BCUT2D eigenvalue weighted by atomic mass is 32.2. The molecular weight excluding hydrogens is 492 g/mol. The van der Waals surface area contributed by atoms with Crippen LogP contribution in [0.25, 0.3) is 11.4 Å². The summed E-state index contributed by atoms with van der Waals surface area (Å²) >= 11 is 0. The van der Waals surface area contributed by atoms with Gasteiger partial charge in [-0.15, -0.1) is 0 Å². The normalized spacial score (nSPS) is 13.9. The van der Waals surface area contributed by atoms with Gasteiger partial charge in [-0.2, -0.15) is 4.98 Å². The fraction of sp³-hybridized carbons (Fsp3) is 0.348. The van der Waals surface area contributed by atoms with E-state index in [9.17, 15) is 13.2 Å². The van der Waals surface area contributed by atoms with E-state index in [-0.39, 0.29) is 40.4 Å². The Bertz CT molecular complexity index is 1340. The largest absolute Gasteiger partial charge is 0.496 e. The Balaban J connectivity index is 1.50. The molecule has 1 fully saturated rings. The predicted molar refractivity (Wildman–Crippen MR) is 127 cm³/mol. The van der Waals surface area contributed by atoms with E-state index in [1.54, 1.807) is 23.1 Å². The SMILES string of the molecule is COc1ccc(-c2noc(CNS(=O)(=O)c3ccc(OC)c(C(=O)N4CCOCC4)c3)n2)cc1OC. The minimum atomic E-state index is -4.01. The third-order valence-corrected chi connectivity index (χ3v) is 6.93. The molecule has 1 aromatic heterocycles. The fourth-order valence-electron chi connectivity index (χ4n) is 3.62. The van der Waals surface area contributed by atoms with Crippen LogP contribution in [0.3, 0.4) is 0 Å². The molecule has 0 unspecified atom stereocenters. The van der Waals surface area contributed by atoms with Gasteiger partial charge < -0.3 is 28.4 Å². The molecule has 1 N–H and O–H groups in total. The van der Waals surface area contributed by atoms with Gasteiger partial charge >= 0.3 is 0 Å². The van der Waals surface area contributed by atoms with Gasteiger partial charge in [-0.05, 0) is 36.4 Å². The van der Waals surface area contributed by atoms with Crippen molar-refractivity contribution in [3.63, 3.8) is 0 Å². The third-order valence-electron chi connectivity index (χ3n) is 5.53. The summed E-state index contributed by atoms with van der Waals surface area (Å²) < 4.78 is 54.6. The van der Waals surface area contributed by atoms with Crippen molar-refractivity contribution in [1.29, 1.82) is 0 Å². The number of methoxy groups -OCH3 is 3. The molecular formula is C23H26N4O8S. The van der Waals surface area contributed by atoms with E-state index >= 15 is 0 Å². The summed E-state index contributed by atoms with van der Waals surface area (Å²) in [7, 11) is 0.449. The summed E-state index contributed by atoms with van der Waals surface area (Å²) in [6.07, 6.45) is 0. The molecule has 1 amide bonds. The first-order valence-corrected chi connectivity index (χ1v) is 12.4. The maximum Gasteiger partial charge on any atom is 0.257 e. The molecule has 2 heterocycles. The first-order valence-electron chi connectivity index (χ1n) is 11.0. The van der Waals surface area contributed by atoms with E-state index in [0.717, 1.165) is 0 Å². The van der Waals surface area contributed by atoms with Crippen LogP contribution in [0, 0.1) is 0 Å². The van der Waals surface area contributed by atoms with Crippen molar-refractivity contribution in [2.75, 3.05) is 47.6 Å². The van der Waals surface area contributed by atoms with Crippen LogP contribution < -0.4 is 18.9 Å². The Morgan fingerprint density at radius 1 is 1.00 bits per heavy atom. The molecule has 1 saturated heterocycles. The maximum absolute atomic E-state index is 13.0. The zero-order valence-corrected chi connectivity index (χ0v) is 20.8. The molecule has 192 valence electrons. The van der Waals surface area contributed by atoms with Crippen molar-refractivity contribution in [1.82, 2.24) is 19.8 Å². The van der Waals surface area contributed by atoms with Crippen molar-refractivity contribution in [2.45, 2.75) is 11.4 Å². The van der Waals surface area contributed by atoms with Gasteiger partial charge in [-0.1, -0.05) is 5.16 Å². The fourth-order valence-corrected chi connectivity index (χ4v) is 4.62. The van der Waals surface area contributed by atoms with Crippen molar-refractivity contribution in [3.05, 3.63) is 47.9 Å². The van der Waals surface area contributed by atoms with Crippen molar-refractivity contribution in [3.8, 4) is 28.6 Å². The van der Waals surface area contributed by atoms with Crippen molar-refractivity contribution in [2.24, 2.45) is 0 Å². The number of carbonyl (C=O) groups excluding carboxylic acids is 1. The van der Waals surface area contributed by atoms with Crippen LogP contribution >= 0.6 is 0 Å². The maximum atomic E-state index is 13.0. The van der Waals surface area contributed by atoms with Gasteiger partial charge in [0.25, 0.3) is 5.91 Å². The van der Waals surface area contributed by atoms with Crippen molar-refractivity contribution >= 4 is 15.9 Å². The highest BCUT2D eigenvalue weighted by molar-refractivity contribution is 7.89. The van der Waals surface area contributed by atoms with Crippen LogP contribution in [0.2, 0.25) is 0 Å². The van der Waals surface area contributed by atoms with E-state index in [1.807, 2.05) is 0 Å². The molecule has 0 aliphatic carbocycles. The first-order chi connectivity index (χ1) is 17.4. The number of benzene rings is 2. The van der Waals surface area contributed by atoms with Gasteiger partial charge in [0.05, 0.1) is 51.5 Å². The number of carbonyl (C=O) groups is 1. The van der Waals surface area contributed by atoms with Crippen LogP contribution in [0.1, 0.15) is 16.2 Å². The monoisotopic (exact) mass is 518 g/mol. The summed E-state index contributed by atoms with van der Waals surface area (Å²) in [5, 5.41) is 3.91. The molecule has 13 heteroatoms. The Hall–Kier alpha value is -3.68. The molecule has 0 radical (unpaired) electrons. The molecule has 4 rings (SSSR count). The first kappa shape index (κ1) is 25.4. The van der Waals surface area contributed by atoms with Crippen LogP contribution in [-0.4, -0.2) is 77.0 Å². The lowest BCUT2D eigenvalue weighted by molar-refractivity contribution is 0.0300. The second-order valence-electron chi connectivity index (χ2n) is 7.67. The molecule has 36 heavy (non-hydrogen) atoms. The van der Waals surface area contributed by atoms with E-state index in [1.165, 1.54) is 39.5 Å². The van der Waals surface area contributed by atoms with E-state index < -0.39 is 10.0 Å². The lowest BCUT2D eigenvalue weighted by Gasteiger charge is -2.27. The number of aromatic nitrogens is 2. The Kier molecular flexibility index (Phi) is 7.72. The van der Waals surface area contributed by atoms with Gasteiger partial charge in [0, 0.05) is 18.7 Å². The number of nitrogens with one attached hydrogen (secondary N) is 1. The molecule has 0 spiro atoms. The number of rotatable bonds is 9. The van der Waals surface area contributed by atoms with Crippen LogP contribution in [-0.2, 0) is 21.3 Å². The Morgan fingerprint density at radius 2 is 1.69 bits per heavy atom. The molecule has 0 bridgehead atoms. The molecule has 3 aromatic rings. The van der Waals surface area contributed by atoms with E-state index in [4.69, 9.17) is 23.5 Å². The number of amides is 1. The van der Waals surface area contributed by atoms with Gasteiger partial charge in [0.1, 0.15) is 5.75 Å². The molecule has 2 aromatic carbocycles. The quantitative estimate of drug-likeness (QED) is 0.445. The molecule has 12 nitrogen and oxygen atoms in total.